The summed E-state index contributed by atoms with van der Waals surface area (Å²) < 4.78 is 16.4. The highest BCUT2D eigenvalue weighted by molar-refractivity contribution is 7.98. The number of fused-ring (bicyclic) bond motifs is 1. The van der Waals surface area contributed by atoms with Crippen molar-refractivity contribution in [3.63, 3.8) is 0 Å². The molecule has 142 valence electrons. The quantitative estimate of drug-likeness (QED) is 0.311. The molecule has 1 heterocycles. The predicted molar refractivity (Wildman–Crippen MR) is 118 cm³/mol. The van der Waals surface area contributed by atoms with E-state index in [0.717, 1.165) is 11.4 Å². The Morgan fingerprint density at radius 3 is 2.64 bits per heavy atom. The fourth-order valence-corrected chi connectivity index (χ4v) is 4.87. The van der Waals surface area contributed by atoms with Crippen LogP contribution in [0.4, 0.5) is 4.39 Å². The molecule has 0 atom stereocenters. The van der Waals surface area contributed by atoms with Crippen molar-refractivity contribution in [2.45, 2.75) is 31.0 Å². The van der Waals surface area contributed by atoms with Crippen molar-refractivity contribution in [3.8, 4) is 0 Å². The maximum absolute atomic E-state index is 14.1. The number of halogens is 2. The fraction of sp³-hybridized carbons (Fsp3) is 0.167. The highest BCUT2D eigenvalue weighted by Crippen LogP contribution is 2.34. The van der Waals surface area contributed by atoms with Crippen LogP contribution in [0.15, 0.2) is 71.8 Å². The van der Waals surface area contributed by atoms with Gasteiger partial charge in [0.05, 0.1) is 0 Å². The van der Waals surface area contributed by atoms with Crippen LogP contribution in [0.5, 0.6) is 0 Å². The zero-order valence-corrected chi connectivity index (χ0v) is 17.4. The third-order valence-electron chi connectivity index (χ3n) is 5.03. The molecule has 1 aromatic heterocycles. The predicted octanol–water partition coefficient (Wildman–Crippen LogP) is 7.39. The molecule has 0 unspecified atom stereocenters. The second-order valence-corrected chi connectivity index (χ2v) is 8.48. The lowest BCUT2D eigenvalue weighted by Crippen LogP contribution is -2.00. The van der Waals surface area contributed by atoms with Crippen molar-refractivity contribution >= 4 is 34.3 Å². The summed E-state index contributed by atoms with van der Waals surface area (Å²) in [6.07, 6.45) is 2.17. The molecule has 0 saturated heterocycles. The maximum Gasteiger partial charge on any atom is 0.128 e. The molecule has 1 nitrogen and oxygen atoms in total. The van der Waals surface area contributed by atoms with Crippen molar-refractivity contribution in [1.82, 2.24) is 4.57 Å². The number of hydrogen-bond acceptors (Lipinski definition) is 1. The molecular weight excluding hydrogens is 389 g/mol. The largest absolute Gasteiger partial charge is 0.342 e. The van der Waals surface area contributed by atoms with Gasteiger partial charge in [0, 0.05) is 44.9 Å². The van der Waals surface area contributed by atoms with E-state index in [4.69, 9.17) is 11.6 Å². The summed E-state index contributed by atoms with van der Waals surface area (Å²) in [4.78, 5) is 1.14. The van der Waals surface area contributed by atoms with Gasteiger partial charge in [-0.1, -0.05) is 59.6 Å². The number of para-hydroxylation sites is 1. The normalized spacial score (nSPS) is 11.3. The maximum atomic E-state index is 14.1. The van der Waals surface area contributed by atoms with E-state index in [-0.39, 0.29) is 5.82 Å². The molecule has 0 N–H and O–H groups in total. The second-order valence-electron chi connectivity index (χ2n) is 7.06. The Morgan fingerprint density at radius 1 is 1.00 bits per heavy atom. The van der Waals surface area contributed by atoms with Crippen LogP contribution in [-0.4, -0.2) is 4.57 Å². The third kappa shape index (κ3) is 3.82. The van der Waals surface area contributed by atoms with Gasteiger partial charge in [0.1, 0.15) is 5.82 Å². The van der Waals surface area contributed by atoms with Crippen molar-refractivity contribution in [2.75, 3.05) is 0 Å². The zero-order chi connectivity index (χ0) is 19.7. The van der Waals surface area contributed by atoms with Crippen LogP contribution in [0.3, 0.4) is 0 Å². The summed E-state index contributed by atoms with van der Waals surface area (Å²) in [5.41, 5.74) is 5.61. The lowest BCUT2D eigenvalue weighted by Gasteiger charge is -2.09. The van der Waals surface area contributed by atoms with Crippen LogP contribution in [0.1, 0.15) is 22.3 Å². The smallest absolute Gasteiger partial charge is 0.128 e. The molecule has 3 aromatic carbocycles. The SMILES string of the molecule is Cc1ccc(C)c(Cn2cc(SCc3c(F)cccc3Cl)c3ccccc32)c1. The third-order valence-corrected chi connectivity index (χ3v) is 6.45. The minimum absolute atomic E-state index is 0.251. The van der Waals surface area contributed by atoms with Crippen molar-refractivity contribution < 1.29 is 4.39 Å². The van der Waals surface area contributed by atoms with Gasteiger partial charge >= 0.3 is 0 Å². The van der Waals surface area contributed by atoms with Gasteiger partial charge in [0.2, 0.25) is 0 Å². The van der Waals surface area contributed by atoms with Gasteiger partial charge < -0.3 is 4.57 Å². The molecule has 0 aliphatic carbocycles. The van der Waals surface area contributed by atoms with Gasteiger partial charge in [-0.25, -0.2) is 4.39 Å². The average Bonchev–Trinajstić information content (AvgIpc) is 3.02. The highest BCUT2D eigenvalue weighted by Gasteiger charge is 2.13. The summed E-state index contributed by atoms with van der Waals surface area (Å²) in [5.74, 6) is 0.252. The molecule has 28 heavy (non-hydrogen) atoms. The van der Waals surface area contributed by atoms with Crippen molar-refractivity contribution in [2.24, 2.45) is 0 Å². The van der Waals surface area contributed by atoms with E-state index in [1.165, 1.54) is 33.7 Å². The van der Waals surface area contributed by atoms with Crippen molar-refractivity contribution in [3.05, 3.63) is 100.0 Å². The molecule has 0 bridgehead atoms. The minimum atomic E-state index is -0.251. The Hall–Kier alpha value is -2.23. The first-order valence-electron chi connectivity index (χ1n) is 9.22. The van der Waals surface area contributed by atoms with Crippen LogP contribution >= 0.6 is 23.4 Å². The van der Waals surface area contributed by atoms with E-state index in [0.29, 0.717) is 16.3 Å². The van der Waals surface area contributed by atoms with E-state index in [1.54, 1.807) is 23.9 Å². The molecule has 0 amide bonds. The fourth-order valence-electron chi connectivity index (χ4n) is 3.43. The van der Waals surface area contributed by atoms with E-state index in [1.807, 2.05) is 6.07 Å². The Balaban J connectivity index is 1.68. The molecule has 0 radical (unpaired) electrons. The first-order chi connectivity index (χ1) is 13.5. The van der Waals surface area contributed by atoms with Gasteiger partial charge in [-0.15, -0.1) is 11.8 Å². The molecular formula is C24H21ClFNS. The molecule has 0 aliphatic heterocycles. The number of aryl methyl sites for hydroxylation is 2. The number of rotatable bonds is 5. The van der Waals surface area contributed by atoms with Crippen LogP contribution < -0.4 is 0 Å². The second kappa shape index (κ2) is 8.02. The lowest BCUT2D eigenvalue weighted by molar-refractivity contribution is 0.617. The monoisotopic (exact) mass is 409 g/mol. The first kappa shape index (κ1) is 19.1. The summed E-state index contributed by atoms with van der Waals surface area (Å²) in [6.45, 7) is 5.08. The number of hydrogen-bond donors (Lipinski definition) is 0. The number of benzene rings is 3. The molecule has 0 aliphatic rings. The molecule has 0 spiro atoms. The van der Waals surface area contributed by atoms with Crippen molar-refractivity contribution in [1.29, 1.82) is 0 Å². The van der Waals surface area contributed by atoms with Gasteiger partial charge in [0.25, 0.3) is 0 Å². The van der Waals surface area contributed by atoms with Crippen LogP contribution in [-0.2, 0) is 12.3 Å². The molecule has 0 saturated carbocycles. The minimum Gasteiger partial charge on any atom is -0.342 e. The number of thioether (sulfide) groups is 1. The van der Waals surface area contributed by atoms with E-state index in [9.17, 15) is 4.39 Å². The van der Waals surface area contributed by atoms with Gasteiger partial charge in [-0.3, -0.25) is 0 Å². The van der Waals surface area contributed by atoms with Crippen LogP contribution in [0.2, 0.25) is 5.02 Å². The highest BCUT2D eigenvalue weighted by atomic mass is 35.5. The first-order valence-corrected chi connectivity index (χ1v) is 10.6. The van der Waals surface area contributed by atoms with Gasteiger partial charge in [0.15, 0.2) is 0 Å². The standard InChI is InChI=1S/C24H21ClFNS/c1-16-10-11-17(2)18(12-16)13-27-14-24(19-6-3-4-9-23(19)27)28-15-20-21(25)7-5-8-22(20)26/h3-12,14H,13,15H2,1-2H3. The molecule has 0 fully saturated rings. The number of nitrogens with zero attached hydrogens (tertiary/aromatic N) is 1. The summed E-state index contributed by atoms with van der Waals surface area (Å²) in [7, 11) is 0. The zero-order valence-electron chi connectivity index (χ0n) is 15.9. The Labute approximate surface area is 174 Å². The van der Waals surface area contributed by atoms with E-state index >= 15 is 0 Å². The van der Waals surface area contributed by atoms with Gasteiger partial charge in [-0.05, 0) is 43.2 Å². The molecule has 4 aromatic rings. The molecule has 4 heteroatoms. The summed E-state index contributed by atoms with van der Waals surface area (Å²) in [5, 5.41) is 1.66. The van der Waals surface area contributed by atoms with Crippen LogP contribution in [0.25, 0.3) is 10.9 Å². The van der Waals surface area contributed by atoms with Crippen LogP contribution in [0, 0.1) is 19.7 Å². The Morgan fingerprint density at radius 2 is 1.82 bits per heavy atom. The summed E-state index contributed by atoms with van der Waals surface area (Å²) >= 11 is 7.83. The summed E-state index contributed by atoms with van der Waals surface area (Å²) in [6, 6.07) is 19.8. The Bertz CT molecular complexity index is 1130. The lowest BCUT2D eigenvalue weighted by atomic mass is 10.1. The van der Waals surface area contributed by atoms with E-state index < -0.39 is 0 Å². The average molecular weight is 410 g/mol. The number of aromatic nitrogens is 1. The molecule has 4 rings (SSSR count). The Kier molecular flexibility index (Phi) is 5.47. The van der Waals surface area contributed by atoms with Gasteiger partial charge in [-0.2, -0.15) is 0 Å². The topological polar surface area (TPSA) is 4.93 Å². The van der Waals surface area contributed by atoms with E-state index in [2.05, 4.69) is 61.0 Å².